The van der Waals surface area contributed by atoms with Crippen LogP contribution in [0.15, 0.2) is 42.7 Å². The predicted molar refractivity (Wildman–Crippen MR) is 113 cm³/mol. The van der Waals surface area contributed by atoms with Crippen LogP contribution < -0.4 is 24.3 Å². The fraction of sp³-hybridized carbons (Fsp3) is 0.190. The van der Waals surface area contributed by atoms with Gasteiger partial charge in [0.2, 0.25) is 5.75 Å². The van der Waals surface area contributed by atoms with Gasteiger partial charge in [-0.05, 0) is 24.3 Å². The minimum atomic E-state index is 0.513. The zero-order chi connectivity index (χ0) is 21.1. The molecule has 2 aromatic carbocycles. The number of benzene rings is 2. The lowest BCUT2D eigenvalue weighted by Crippen LogP contribution is -2.01. The van der Waals surface area contributed by atoms with E-state index in [9.17, 15) is 0 Å². The van der Waals surface area contributed by atoms with Crippen LogP contribution in [0.3, 0.4) is 0 Å². The van der Waals surface area contributed by atoms with Crippen molar-refractivity contribution in [3.63, 3.8) is 0 Å². The standard InChI is InChI=1S/C21H21N5O4/c1-27-14-7-5-12(6-8-14)19-25-20-17(22-11-23-20)21(26-19)24-13-9-15(28-2)18(30-4)16(10-13)29-3/h5-11H,1-4H3,(H2,22,23,24,25,26). The zero-order valence-corrected chi connectivity index (χ0v) is 17.0. The van der Waals surface area contributed by atoms with Crippen LogP contribution in [0.1, 0.15) is 0 Å². The van der Waals surface area contributed by atoms with Crippen molar-refractivity contribution in [3.8, 4) is 34.4 Å². The number of hydrogen-bond donors (Lipinski definition) is 2. The van der Waals surface area contributed by atoms with Gasteiger partial charge in [0.25, 0.3) is 0 Å². The number of aromatic amines is 1. The molecule has 4 aromatic rings. The third-order valence-corrected chi connectivity index (χ3v) is 4.56. The Bertz CT molecular complexity index is 1150. The Kier molecular flexibility index (Phi) is 5.25. The molecular weight excluding hydrogens is 386 g/mol. The van der Waals surface area contributed by atoms with Crippen molar-refractivity contribution in [2.45, 2.75) is 0 Å². The molecule has 0 radical (unpaired) electrons. The number of imidazole rings is 1. The Balaban J connectivity index is 1.78. The van der Waals surface area contributed by atoms with Crippen LogP contribution in [-0.2, 0) is 0 Å². The van der Waals surface area contributed by atoms with Crippen molar-refractivity contribution < 1.29 is 18.9 Å². The fourth-order valence-electron chi connectivity index (χ4n) is 3.08. The molecular formula is C21H21N5O4. The zero-order valence-electron chi connectivity index (χ0n) is 17.0. The van der Waals surface area contributed by atoms with E-state index in [0.717, 1.165) is 11.3 Å². The normalized spacial score (nSPS) is 10.7. The van der Waals surface area contributed by atoms with Gasteiger partial charge in [0.05, 0.1) is 34.8 Å². The second-order valence-electron chi connectivity index (χ2n) is 6.26. The van der Waals surface area contributed by atoms with Gasteiger partial charge in [-0.2, -0.15) is 0 Å². The molecule has 30 heavy (non-hydrogen) atoms. The second-order valence-corrected chi connectivity index (χ2v) is 6.26. The van der Waals surface area contributed by atoms with Gasteiger partial charge in [0, 0.05) is 23.4 Å². The van der Waals surface area contributed by atoms with Crippen molar-refractivity contribution in [2.75, 3.05) is 33.8 Å². The number of aromatic nitrogens is 4. The summed E-state index contributed by atoms with van der Waals surface area (Å²) in [4.78, 5) is 16.6. The molecule has 0 aliphatic rings. The van der Waals surface area contributed by atoms with Crippen LogP contribution in [0.2, 0.25) is 0 Å². The highest BCUT2D eigenvalue weighted by molar-refractivity contribution is 5.87. The van der Waals surface area contributed by atoms with E-state index in [1.165, 1.54) is 0 Å². The molecule has 0 aliphatic heterocycles. The Morgan fingerprint density at radius 1 is 0.833 bits per heavy atom. The molecule has 0 spiro atoms. The molecule has 0 unspecified atom stereocenters. The van der Waals surface area contributed by atoms with Crippen molar-refractivity contribution >= 4 is 22.7 Å². The molecule has 0 saturated carbocycles. The number of H-pyrrole nitrogens is 1. The Labute approximate surface area is 173 Å². The third kappa shape index (κ3) is 3.52. The number of rotatable bonds is 7. The first-order valence-electron chi connectivity index (χ1n) is 9.09. The van der Waals surface area contributed by atoms with E-state index in [0.29, 0.717) is 45.7 Å². The Morgan fingerprint density at radius 3 is 2.13 bits per heavy atom. The third-order valence-electron chi connectivity index (χ3n) is 4.56. The lowest BCUT2D eigenvalue weighted by molar-refractivity contribution is 0.324. The van der Waals surface area contributed by atoms with Gasteiger partial charge in [-0.3, -0.25) is 0 Å². The summed E-state index contributed by atoms with van der Waals surface area (Å²) >= 11 is 0. The molecule has 0 fully saturated rings. The SMILES string of the molecule is COc1ccc(-c2nc(Nc3cc(OC)c(OC)c(OC)c3)c3[nH]cnc3n2)cc1. The van der Waals surface area contributed by atoms with Gasteiger partial charge < -0.3 is 29.2 Å². The van der Waals surface area contributed by atoms with Crippen LogP contribution in [0.5, 0.6) is 23.0 Å². The van der Waals surface area contributed by atoms with Crippen LogP contribution in [0.25, 0.3) is 22.6 Å². The fourth-order valence-corrected chi connectivity index (χ4v) is 3.08. The van der Waals surface area contributed by atoms with Gasteiger partial charge in [0.15, 0.2) is 28.8 Å². The minimum Gasteiger partial charge on any atom is -0.497 e. The summed E-state index contributed by atoms with van der Waals surface area (Å²) in [7, 11) is 6.33. The predicted octanol–water partition coefficient (Wildman–Crippen LogP) is 3.80. The first-order valence-corrected chi connectivity index (χ1v) is 9.09. The topological polar surface area (TPSA) is 103 Å². The van der Waals surface area contributed by atoms with Crippen molar-refractivity contribution in [2.24, 2.45) is 0 Å². The molecule has 0 bridgehead atoms. The quantitative estimate of drug-likeness (QED) is 0.477. The number of fused-ring (bicyclic) bond motifs is 1. The van der Waals surface area contributed by atoms with E-state index in [1.807, 2.05) is 24.3 Å². The van der Waals surface area contributed by atoms with Gasteiger partial charge in [-0.25, -0.2) is 15.0 Å². The van der Waals surface area contributed by atoms with Crippen LogP contribution in [0.4, 0.5) is 11.5 Å². The van der Waals surface area contributed by atoms with Gasteiger partial charge in [-0.15, -0.1) is 0 Å². The average molecular weight is 407 g/mol. The maximum Gasteiger partial charge on any atom is 0.203 e. The van der Waals surface area contributed by atoms with Crippen molar-refractivity contribution in [1.82, 2.24) is 19.9 Å². The van der Waals surface area contributed by atoms with E-state index < -0.39 is 0 Å². The monoisotopic (exact) mass is 407 g/mol. The summed E-state index contributed by atoms with van der Waals surface area (Å²) in [5, 5.41) is 3.30. The van der Waals surface area contributed by atoms with Crippen molar-refractivity contribution in [1.29, 1.82) is 0 Å². The maximum absolute atomic E-state index is 5.43. The molecule has 0 atom stereocenters. The Hall–Kier alpha value is -4.01. The summed E-state index contributed by atoms with van der Waals surface area (Å²) in [6, 6.07) is 11.1. The first kappa shape index (κ1) is 19.3. The van der Waals surface area contributed by atoms with Gasteiger partial charge in [0.1, 0.15) is 11.3 Å². The van der Waals surface area contributed by atoms with E-state index in [1.54, 1.807) is 46.9 Å². The second kappa shape index (κ2) is 8.16. The number of ether oxygens (including phenoxy) is 4. The average Bonchev–Trinajstić information content (AvgIpc) is 3.27. The summed E-state index contributed by atoms with van der Waals surface area (Å²) < 4.78 is 21.5. The first-order chi connectivity index (χ1) is 14.7. The van der Waals surface area contributed by atoms with Gasteiger partial charge >= 0.3 is 0 Å². The summed E-state index contributed by atoms with van der Waals surface area (Å²) in [5.41, 5.74) is 2.78. The number of methoxy groups -OCH3 is 4. The maximum atomic E-state index is 5.43. The molecule has 2 N–H and O–H groups in total. The van der Waals surface area contributed by atoms with Crippen LogP contribution >= 0.6 is 0 Å². The van der Waals surface area contributed by atoms with Crippen LogP contribution in [0, 0.1) is 0 Å². The lowest BCUT2D eigenvalue weighted by atomic mass is 10.2. The van der Waals surface area contributed by atoms with E-state index >= 15 is 0 Å². The molecule has 0 amide bonds. The highest BCUT2D eigenvalue weighted by atomic mass is 16.5. The van der Waals surface area contributed by atoms with Crippen molar-refractivity contribution in [3.05, 3.63) is 42.7 Å². The Morgan fingerprint density at radius 2 is 1.53 bits per heavy atom. The molecule has 0 aliphatic carbocycles. The van der Waals surface area contributed by atoms with Gasteiger partial charge in [-0.1, -0.05) is 0 Å². The molecule has 2 aromatic heterocycles. The number of nitrogens with zero attached hydrogens (tertiary/aromatic N) is 3. The minimum absolute atomic E-state index is 0.513. The summed E-state index contributed by atoms with van der Waals surface area (Å²) in [6.45, 7) is 0. The van der Waals surface area contributed by atoms with E-state index in [2.05, 4.69) is 20.3 Å². The largest absolute Gasteiger partial charge is 0.497 e. The molecule has 4 rings (SSSR count). The number of anilines is 2. The number of nitrogens with one attached hydrogen (secondary N) is 2. The molecule has 0 saturated heterocycles. The summed E-state index contributed by atoms with van der Waals surface area (Å²) in [6.07, 6.45) is 1.58. The molecule has 9 nitrogen and oxygen atoms in total. The highest BCUT2D eigenvalue weighted by Crippen LogP contribution is 2.41. The molecule has 9 heteroatoms. The van der Waals surface area contributed by atoms with Crippen LogP contribution in [-0.4, -0.2) is 48.4 Å². The smallest absolute Gasteiger partial charge is 0.203 e. The molecule has 2 heterocycles. The highest BCUT2D eigenvalue weighted by Gasteiger charge is 2.16. The van der Waals surface area contributed by atoms with E-state index in [-0.39, 0.29) is 0 Å². The lowest BCUT2D eigenvalue weighted by Gasteiger charge is -2.15. The summed E-state index contributed by atoms with van der Waals surface area (Å²) in [5.74, 6) is 3.44. The molecule has 154 valence electrons. The number of hydrogen-bond acceptors (Lipinski definition) is 8. The van der Waals surface area contributed by atoms with E-state index in [4.69, 9.17) is 23.9 Å².